The fourth-order valence-corrected chi connectivity index (χ4v) is 2.67. The highest BCUT2D eigenvalue weighted by Gasteiger charge is 2.34. The molecule has 7 nitrogen and oxygen atoms in total. The van der Waals surface area contributed by atoms with Crippen LogP contribution in [0.4, 0.5) is 24.5 Å². The Hall–Kier alpha value is -3.56. The molecule has 0 bridgehead atoms. The highest BCUT2D eigenvalue weighted by molar-refractivity contribution is 5.93. The van der Waals surface area contributed by atoms with Crippen molar-refractivity contribution in [1.82, 2.24) is 4.57 Å². The highest BCUT2D eigenvalue weighted by atomic mass is 19.4. The van der Waals surface area contributed by atoms with Gasteiger partial charge in [-0.05, 0) is 30.3 Å². The molecule has 0 aliphatic rings. The van der Waals surface area contributed by atoms with Crippen LogP contribution < -0.4 is 16.4 Å². The second-order valence-electron chi connectivity index (χ2n) is 5.91. The Balaban J connectivity index is 1.88. The van der Waals surface area contributed by atoms with Gasteiger partial charge in [-0.3, -0.25) is 14.2 Å². The summed E-state index contributed by atoms with van der Waals surface area (Å²) in [7, 11) is 0. The zero-order valence-corrected chi connectivity index (χ0v) is 14.5. The number of benzene rings is 2. The number of halogens is 3. The standard InChI is InChI=1S/C18H14F3N3O4/c1-10(25)22-11-6-7-13(12(8-11)18(19,20)21)23-16(26)9-24-14-4-2-3-5-15(14)28-17(24)27/h2-8H,9H2,1H3,(H,22,25)(H,23,26). The first-order valence-corrected chi connectivity index (χ1v) is 8.02. The number of carbonyl (C=O) groups excluding carboxylic acids is 2. The molecule has 1 aromatic heterocycles. The van der Waals surface area contributed by atoms with E-state index in [-0.39, 0.29) is 11.3 Å². The lowest BCUT2D eigenvalue weighted by Crippen LogP contribution is -2.26. The number of rotatable bonds is 4. The van der Waals surface area contributed by atoms with Gasteiger partial charge < -0.3 is 15.1 Å². The van der Waals surface area contributed by atoms with Crippen molar-refractivity contribution < 1.29 is 27.2 Å². The van der Waals surface area contributed by atoms with Crippen LogP contribution >= 0.6 is 0 Å². The number of anilines is 2. The van der Waals surface area contributed by atoms with Gasteiger partial charge in [0.1, 0.15) is 6.54 Å². The first-order chi connectivity index (χ1) is 13.1. The van der Waals surface area contributed by atoms with Crippen molar-refractivity contribution in [2.24, 2.45) is 0 Å². The zero-order valence-electron chi connectivity index (χ0n) is 14.5. The third kappa shape index (κ3) is 4.05. The molecule has 10 heteroatoms. The largest absolute Gasteiger partial charge is 0.420 e. The summed E-state index contributed by atoms with van der Waals surface area (Å²) in [5.41, 5.74) is -1.07. The topological polar surface area (TPSA) is 93.3 Å². The minimum Gasteiger partial charge on any atom is -0.408 e. The second-order valence-corrected chi connectivity index (χ2v) is 5.91. The number of alkyl halides is 3. The number of nitrogens with zero attached hydrogens (tertiary/aromatic N) is 1. The van der Waals surface area contributed by atoms with E-state index in [2.05, 4.69) is 10.6 Å². The minimum absolute atomic E-state index is 0.0603. The molecule has 0 atom stereocenters. The molecule has 0 unspecified atom stereocenters. The summed E-state index contributed by atoms with van der Waals surface area (Å²) in [4.78, 5) is 35.2. The van der Waals surface area contributed by atoms with Crippen LogP contribution in [0.25, 0.3) is 11.1 Å². The maximum Gasteiger partial charge on any atom is 0.420 e. The van der Waals surface area contributed by atoms with Crippen LogP contribution in [-0.2, 0) is 22.3 Å². The summed E-state index contributed by atoms with van der Waals surface area (Å²) in [5, 5.41) is 4.41. The predicted octanol–water partition coefficient (Wildman–Crippen LogP) is 3.21. The van der Waals surface area contributed by atoms with Crippen LogP contribution in [0.2, 0.25) is 0 Å². The fraction of sp³-hybridized carbons (Fsp3) is 0.167. The van der Waals surface area contributed by atoms with Crippen LogP contribution in [0, 0.1) is 0 Å². The molecule has 0 aliphatic carbocycles. The van der Waals surface area contributed by atoms with Gasteiger partial charge in [-0.1, -0.05) is 12.1 Å². The molecule has 0 saturated heterocycles. The van der Waals surface area contributed by atoms with Crippen molar-refractivity contribution in [1.29, 1.82) is 0 Å². The quantitative estimate of drug-likeness (QED) is 0.712. The third-order valence-electron chi connectivity index (χ3n) is 3.79. The molecular formula is C18H14F3N3O4. The number of carbonyl (C=O) groups is 2. The van der Waals surface area contributed by atoms with Crippen LogP contribution in [-0.4, -0.2) is 16.4 Å². The number of oxazole rings is 1. The van der Waals surface area contributed by atoms with Gasteiger partial charge in [0.2, 0.25) is 11.8 Å². The van der Waals surface area contributed by atoms with Gasteiger partial charge in [0.15, 0.2) is 5.58 Å². The number of hydrogen-bond acceptors (Lipinski definition) is 4. The van der Waals surface area contributed by atoms with Crippen LogP contribution in [0.15, 0.2) is 51.7 Å². The molecule has 0 fully saturated rings. The Morgan fingerprint density at radius 3 is 2.50 bits per heavy atom. The molecule has 0 spiro atoms. The highest BCUT2D eigenvalue weighted by Crippen LogP contribution is 2.36. The number of hydrogen-bond donors (Lipinski definition) is 2. The first-order valence-electron chi connectivity index (χ1n) is 8.02. The van der Waals surface area contributed by atoms with Crippen LogP contribution in [0.3, 0.4) is 0 Å². The van der Waals surface area contributed by atoms with Crippen molar-refractivity contribution in [2.45, 2.75) is 19.6 Å². The minimum atomic E-state index is -4.77. The molecule has 2 amide bonds. The number of amides is 2. The van der Waals surface area contributed by atoms with Gasteiger partial charge >= 0.3 is 11.9 Å². The molecule has 0 radical (unpaired) electrons. The lowest BCUT2D eigenvalue weighted by atomic mass is 10.1. The van der Waals surface area contributed by atoms with E-state index < -0.39 is 41.5 Å². The smallest absolute Gasteiger partial charge is 0.408 e. The SMILES string of the molecule is CC(=O)Nc1ccc(NC(=O)Cn2c(=O)oc3ccccc32)c(C(F)(F)F)c1. The predicted molar refractivity (Wildman–Crippen MR) is 94.9 cm³/mol. The number of para-hydroxylation sites is 2. The second kappa shape index (κ2) is 7.22. The molecule has 3 aromatic rings. The molecule has 28 heavy (non-hydrogen) atoms. The van der Waals surface area contributed by atoms with Gasteiger partial charge in [-0.15, -0.1) is 0 Å². The maximum absolute atomic E-state index is 13.3. The van der Waals surface area contributed by atoms with E-state index in [1.165, 1.54) is 12.1 Å². The average Bonchev–Trinajstić information content (AvgIpc) is 2.90. The van der Waals surface area contributed by atoms with E-state index in [1.807, 2.05) is 0 Å². The molecule has 0 aliphatic heterocycles. The molecule has 2 aromatic carbocycles. The summed E-state index contributed by atoms with van der Waals surface area (Å²) in [5.74, 6) is -2.17. The van der Waals surface area contributed by atoms with Gasteiger partial charge in [0, 0.05) is 12.6 Å². The van der Waals surface area contributed by atoms with Crippen molar-refractivity contribution in [3.05, 3.63) is 58.6 Å². The van der Waals surface area contributed by atoms with Gasteiger partial charge in [-0.2, -0.15) is 13.2 Å². The van der Waals surface area contributed by atoms with E-state index in [0.717, 1.165) is 23.6 Å². The van der Waals surface area contributed by atoms with Crippen LogP contribution in [0.5, 0.6) is 0 Å². The lowest BCUT2D eigenvalue weighted by molar-refractivity contribution is -0.137. The summed E-state index contributed by atoms with van der Waals surface area (Å²) < 4.78 is 46.0. The summed E-state index contributed by atoms with van der Waals surface area (Å²) in [6, 6.07) is 9.34. The first kappa shape index (κ1) is 19.2. The number of fused-ring (bicyclic) bond motifs is 1. The molecule has 2 N–H and O–H groups in total. The Morgan fingerprint density at radius 2 is 1.82 bits per heavy atom. The number of aromatic nitrogens is 1. The maximum atomic E-state index is 13.3. The van der Waals surface area contributed by atoms with Crippen LogP contribution in [0.1, 0.15) is 12.5 Å². The third-order valence-corrected chi connectivity index (χ3v) is 3.79. The molecule has 146 valence electrons. The van der Waals surface area contributed by atoms with E-state index in [0.29, 0.717) is 5.52 Å². The normalized spacial score (nSPS) is 11.4. The van der Waals surface area contributed by atoms with E-state index in [4.69, 9.17) is 4.42 Å². The van der Waals surface area contributed by atoms with Crippen molar-refractivity contribution in [3.8, 4) is 0 Å². The number of nitrogens with one attached hydrogen (secondary N) is 2. The van der Waals surface area contributed by atoms with E-state index in [1.54, 1.807) is 18.2 Å². The zero-order chi connectivity index (χ0) is 20.5. The Morgan fingerprint density at radius 1 is 1.11 bits per heavy atom. The fourth-order valence-electron chi connectivity index (χ4n) is 2.67. The monoisotopic (exact) mass is 393 g/mol. The Labute approximate surface area is 155 Å². The molecule has 1 heterocycles. The lowest BCUT2D eigenvalue weighted by Gasteiger charge is -2.15. The van der Waals surface area contributed by atoms with Gasteiger partial charge in [-0.25, -0.2) is 4.79 Å². The van der Waals surface area contributed by atoms with E-state index in [9.17, 15) is 27.6 Å². The van der Waals surface area contributed by atoms with Gasteiger partial charge in [0.25, 0.3) is 0 Å². The van der Waals surface area contributed by atoms with Crippen molar-refractivity contribution in [3.63, 3.8) is 0 Å². The van der Waals surface area contributed by atoms with Crippen molar-refractivity contribution >= 4 is 34.3 Å². The van der Waals surface area contributed by atoms with Crippen molar-refractivity contribution in [2.75, 3.05) is 10.6 Å². The van der Waals surface area contributed by atoms with Gasteiger partial charge in [0.05, 0.1) is 16.8 Å². The average molecular weight is 393 g/mol. The molecule has 0 saturated carbocycles. The Bertz CT molecular complexity index is 1120. The molecule has 3 rings (SSSR count). The summed E-state index contributed by atoms with van der Waals surface area (Å²) in [6.45, 7) is 0.635. The van der Waals surface area contributed by atoms with E-state index >= 15 is 0 Å². The summed E-state index contributed by atoms with van der Waals surface area (Å²) in [6.07, 6.45) is -4.77. The summed E-state index contributed by atoms with van der Waals surface area (Å²) >= 11 is 0. The Kier molecular flexibility index (Phi) is 4.95. The molecular weight excluding hydrogens is 379 g/mol.